The fraction of sp³-hybridized carbons (Fsp3) is 0.429. The second-order valence-corrected chi connectivity index (χ2v) is 4.57. The summed E-state index contributed by atoms with van der Waals surface area (Å²) in [6, 6.07) is 8.56. The Morgan fingerprint density at radius 3 is 2.85 bits per heavy atom. The van der Waals surface area contributed by atoms with Crippen molar-refractivity contribution in [1.29, 1.82) is 0 Å². The third-order valence-electron chi connectivity index (χ3n) is 3.02. The molecule has 2 atom stereocenters. The lowest BCUT2D eigenvalue weighted by Gasteiger charge is -2.09. The highest BCUT2D eigenvalue weighted by Crippen LogP contribution is 2.17. The Morgan fingerprint density at radius 2 is 2.15 bits per heavy atom. The molecule has 1 aromatic carbocycles. The molecule has 1 aliphatic heterocycles. The second kappa shape index (κ2) is 6.91. The molecule has 1 saturated heterocycles. The van der Waals surface area contributed by atoms with E-state index in [1.807, 2.05) is 30.3 Å². The zero-order chi connectivity index (χ0) is 14.4. The van der Waals surface area contributed by atoms with Crippen molar-refractivity contribution in [2.75, 3.05) is 6.61 Å². The standard InChI is InChI=1S/C14H17NO5/c16-7-6-11-8-12(13(17)20-11)15-14(18)19-9-10-4-2-1-3-5-10/h1-5,11-12,16H,6-9H2,(H,15,18)/t11-,12+/m1/s1. The molecule has 1 aliphatic rings. The maximum atomic E-state index is 11.6. The zero-order valence-electron chi connectivity index (χ0n) is 11.0. The zero-order valence-corrected chi connectivity index (χ0v) is 11.0. The van der Waals surface area contributed by atoms with Gasteiger partial charge in [0.2, 0.25) is 0 Å². The van der Waals surface area contributed by atoms with Crippen LogP contribution in [-0.4, -0.2) is 35.9 Å². The summed E-state index contributed by atoms with van der Waals surface area (Å²) in [5.74, 6) is -0.486. The van der Waals surface area contributed by atoms with Gasteiger partial charge in [-0.15, -0.1) is 0 Å². The lowest BCUT2D eigenvalue weighted by atomic mass is 10.1. The molecule has 0 saturated carbocycles. The van der Waals surface area contributed by atoms with Crippen molar-refractivity contribution >= 4 is 12.1 Å². The summed E-state index contributed by atoms with van der Waals surface area (Å²) in [6.45, 7) is 0.0949. The average molecular weight is 279 g/mol. The molecule has 108 valence electrons. The van der Waals surface area contributed by atoms with Gasteiger partial charge >= 0.3 is 12.1 Å². The Balaban J connectivity index is 1.76. The van der Waals surface area contributed by atoms with E-state index in [2.05, 4.69) is 5.32 Å². The van der Waals surface area contributed by atoms with Crippen molar-refractivity contribution in [2.24, 2.45) is 0 Å². The van der Waals surface area contributed by atoms with E-state index in [1.54, 1.807) is 0 Å². The predicted octanol–water partition coefficient (Wildman–Crippen LogP) is 0.979. The van der Waals surface area contributed by atoms with Gasteiger partial charge in [-0.3, -0.25) is 0 Å². The number of ether oxygens (including phenoxy) is 2. The lowest BCUT2D eigenvalue weighted by molar-refractivity contribution is -0.143. The van der Waals surface area contributed by atoms with Crippen LogP contribution in [0.4, 0.5) is 4.79 Å². The Hall–Kier alpha value is -2.08. The van der Waals surface area contributed by atoms with Crippen LogP contribution in [-0.2, 0) is 20.9 Å². The van der Waals surface area contributed by atoms with Crippen LogP contribution in [0.15, 0.2) is 30.3 Å². The summed E-state index contributed by atoms with van der Waals surface area (Å²) >= 11 is 0. The minimum Gasteiger partial charge on any atom is -0.461 e. The summed E-state index contributed by atoms with van der Waals surface area (Å²) in [6.07, 6.45) is -0.254. The van der Waals surface area contributed by atoms with Crippen molar-refractivity contribution in [1.82, 2.24) is 5.32 Å². The van der Waals surface area contributed by atoms with Gasteiger partial charge in [0.25, 0.3) is 0 Å². The van der Waals surface area contributed by atoms with Crippen LogP contribution < -0.4 is 5.32 Å². The monoisotopic (exact) mass is 279 g/mol. The minimum atomic E-state index is -0.699. The highest BCUT2D eigenvalue weighted by atomic mass is 16.6. The first kappa shape index (κ1) is 14.3. The number of alkyl carbamates (subject to hydrolysis) is 1. The largest absolute Gasteiger partial charge is 0.461 e. The number of hydrogen-bond acceptors (Lipinski definition) is 5. The van der Waals surface area contributed by atoms with Gasteiger partial charge in [-0.05, 0) is 5.56 Å². The molecule has 1 aromatic rings. The Morgan fingerprint density at radius 1 is 1.40 bits per heavy atom. The quantitative estimate of drug-likeness (QED) is 0.785. The molecular formula is C14H17NO5. The molecule has 0 aliphatic carbocycles. The van der Waals surface area contributed by atoms with E-state index >= 15 is 0 Å². The Kier molecular flexibility index (Phi) is 4.95. The molecule has 6 nitrogen and oxygen atoms in total. The molecule has 2 N–H and O–H groups in total. The van der Waals surface area contributed by atoms with Gasteiger partial charge in [0.15, 0.2) is 0 Å². The first-order valence-corrected chi connectivity index (χ1v) is 6.47. The summed E-state index contributed by atoms with van der Waals surface area (Å²) < 4.78 is 10.0. The number of rotatable bonds is 5. The van der Waals surface area contributed by atoms with E-state index in [4.69, 9.17) is 14.6 Å². The maximum Gasteiger partial charge on any atom is 0.408 e. The molecule has 0 spiro atoms. The highest BCUT2D eigenvalue weighted by molar-refractivity contribution is 5.82. The first-order chi connectivity index (χ1) is 9.69. The van der Waals surface area contributed by atoms with Crippen molar-refractivity contribution in [3.8, 4) is 0 Å². The number of hydrogen-bond donors (Lipinski definition) is 2. The third kappa shape index (κ3) is 3.96. The van der Waals surface area contributed by atoms with Gasteiger partial charge in [0.1, 0.15) is 18.8 Å². The third-order valence-corrected chi connectivity index (χ3v) is 3.02. The number of cyclic esters (lactones) is 1. The number of esters is 1. The summed E-state index contributed by atoms with van der Waals surface area (Å²) in [7, 11) is 0. The van der Waals surface area contributed by atoms with Crippen molar-refractivity contribution in [2.45, 2.75) is 31.6 Å². The fourth-order valence-electron chi connectivity index (χ4n) is 2.00. The molecule has 0 aromatic heterocycles. The van der Waals surface area contributed by atoms with Crippen LogP contribution in [0.1, 0.15) is 18.4 Å². The molecule has 0 bridgehead atoms. The van der Waals surface area contributed by atoms with Gasteiger partial charge < -0.3 is 19.9 Å². The van der Waals surface area contributed by atoms with Crippen LogP contribution >= 0.6 is 0 Å². The Labute approximate surface area is 116 Å². The second-order valence-electron chi connectivity index (χ2n) is 4.57. The van der Waals surface area contributed by atoms with E-state index < -0.39 is 18.1 Å². The molecule has 0 radical (unpaired) electrons. The van der Waals surface area contributed by atoms with E-state index in [0.717, 1.165) is 5.56 Å². The number of benzene rings is 1. The number of aliphatic hydroxyl groups is 1. The van der Waals surface area contributed by atoms with Crippen LogP contribution in [0.2, 0.25) is 0 Å². The SMILES string of the molecule is O=C(N[C@H]1C[C@@H](CCO)OC1=O)OCc1ccccc1. The molecule has 20 heavy (non-hydrogen) atoms. The summed E-state index contributed by atoms with van der Waals surface area (Å²) in [5.41, 5.74) is 0.870. The number of aliphatic hydroxyl groups excluding tert-OH is 1. The highest BCUT2D eigenvalue weighted by Gasteiger charge is 2.35. The lowest BCUT2D eigenvalue weighted by Crippen LogP contribution is -2.38. The van der Waals surface area contributed by atoms with Crippen LogP contribution in [0.5, 0.6) is 0 Å². The summed E-state index contributed by atoms with van der Waals surface area (Å²) in [5, 5.41) is 11.3. The number of amides is 1. The number of carbonyl (C=O) groups excluding carboxylic acids is 2. The van der Waals surface area contributed by atoms with Gasteiger partial charge in [0, 0.05) is 19.4 Å². The molecule has 1 heterocycles. The average Bonchev–Trinajstić information content (AvgIpc) is 2.78. The fourth-order valence-corrected chi connectivity index (χ4v) is 2.00. The van der Waals surface area contributed by atoms with E-state index in [0.29, 0.717) is 12.8 Å². The van der Waals surface area contributed by atoms with Crippen molar-refractivity contribution < 1.29 is 24.2 Å². The van der Waals surface area contributed by atoms with Gasteiger partial charge in [-0.1, -0.05) is 30.3 Å². The summed E-state index contributed by atoms with van der Waals surface area (Å²) in [4.78, 5) is 23.1. The van der Waals surface area contributed by atoms with E-state index in [-0.39, 0.29) is 19.3 Å². The van der Waals surface area contributed by atoms with Gasteiger partial charge in [-0.2, -0.15) is 0 Å². The van der Waals surface area contributed by atoms with E-state index in [1.165, 1.54) is 0 Å². The maximum absolute atomic E-state index is 11.6. The van der Waals surface area contributed by atoms with E-state index in [9.17, 15) is 9.59 Å². The minimum absolute atomic E-state index is 0.0525. The molecule has 0 unspecified atom stereocenters. The van der Waals surface area contributed by atoms with Crippen molar-refractivity contribution in [3.05, 3.63) is 35.9 Å². The normalized spacial score (nSPS) is 21.4. The molecule has 6 heteroatoms. The molecule has 1 amide bonds. The van der Waals surface area contributed by atoms with Gasteiger partial charge in [0.05, 0.1) is 0 Å². The Bertz CT molecular complexity index is 462. The number of carbonyl (C=O) groups is 2. The molecule has 1 fully saturated rings. The van der Waals surface area contributed by atoms with Crippen LogP contribution in [0.3, 0.4) is 0 Å². The smallest absolute Gasteiger partial charge is 0.408 e. The van der Waals surface area contributed by atoms with Crippen molar-refractivity contribution in [3.63, 3.8) is 0 Å². The predicted molar refractivity (Wildman–Crippen MR) is 69.8 cm³/mol. The van der Waals surface area contributed by atoms with Gasteiger partial charge in [-0.25, -0.2) is 9.59 Å². The van der Waals surface area contributed by atoms with Crippen LogP contribution in [0.25, 0.3) is 0 Å². The topological polar surface area (TPSA) is 84.9 Å². The molecule has 2 rings (SSSR count). The first-order valence-electron chi connectivity index (χ1n) is 6.47. The molecular weight excluding hydrogens is 262 g/mol. The number of nitrogens with one attached hydrogen (secondary N) is 1. The van der Waals surface area contributed by atoms with Crippen LogP contribution in [0, 0.1) is 0 Å².